The van der Waals surface area contributed by atoms with Crippen molar-refractivity contribution in [2.45, 2.75) is 0 Å². The molecular formula is C14H22HgN4O4S4. The molecule has 0 bridgehead atoms. The van der Waals surface area contributed by atoms with Crippen molar-refractivity contribution in [3.05, 3.63) is 0 Å². The Morgan fingerprint density at radius 1 is 0.741 bits per heavy atom. The Balaban J connectivity index is 1.61. The van der Waals surface area contributed by atoms with Gasteiger partial charge in [0.05, 0.1) is 0 Å². The summed E-state index contributed by atoms with van der Waals surface area (Å²) < 4.78 is 6.53. The molecule has 2 fully saturated rings. The van der Waals surface area contributed by atoms with Crippen molar-refractivity contribution in [2.75, 3.05) is 65.4 Å². The van der Waals surface area contributed by atoms with E-state index in [1.165, 1.54) is 0 Å². The molecule has 0 radical (unpaired) electrons. The number of piperazine rings is 2. The molecule has 0 atom stereocenters. The molecule has 148 valence electrons. The molecule has 0 amide bonds. The Morgan fingerprint density at radius 3 is 1.37 bits per heavy atom. The van der Waals surface area contributed by atoms with Gasteiger partial charge in [0.1, 0.15) is 0 Å². The topological polar surface area (TPSA) is 87.6 Å². The zero-order valence-corrected chi connectivity index (χ0v) is 23.7. The second kappa shape index (κ2) is 12.3. The molecular weight excluding hydrogens is 617 g/mol. The van der Waals surface area contributed by atoms with Crippen molar-refractivity contribution in [3.63, 3.8) is 0 Å². The van der Waals surface area contributed by atoms with Crippen LogP contribution in [0, 0.1) is 0 Å². The first kappa shape index (κ1) is 23.9. The van der Waals surface area contributed by atoms with Gasteiger partial charge in [0.2, 0.25) is 0 Å². The summed E-state index contributed by atoms with van der Waals surface area (Å²) in [7, 11) is 0. The molecule has 2 N–H and O–H groups in total. The van der Waals surface area contributed by atoms with E-state index in [9.17, 15) is 9.59 Å². The van der Waals surface area contributed by atoms with Gasteiger partial charge in [-0.15, -0.1) is 0 Å². The van der Waals surface area contributed by atoms with E-state index < -0.39 is 36.5 Å². The Morgan fingerprint density at radius 2 is 1.07 bits per heavy atom. The summed E-state index contributed by atoms with van der Waals surface area (Å²) in [5.74, 6) is -1.57. The molecule has 2 heterocycles. The standard InChI is InChI=1S/2C7H11N2O2S2.Hg/c2*10-7(11)5-8-1-3-9(4-2-8)13-6-12;/h2*1-5H2,(H,10,11);. The summed E-state index contributed by atoms with van der Waals surface area (Å²) in [4.78, 5) is 25.4. The number of carbonyl (C=O) groups is 2. The van der Waals surface area contributed by atoms with Crippen molar-refractivity contribution >= 4 is 63.7 Å². The van der Waals surface area contributed by atoms with Crippen LogP contribution in [0.2, 0.25) is 0 Å². The summed E-state index contributed by atoms with van der Waals surface area (Å²) >= 11 is 12.8. The fraction of sp³-hybridized carbons (Fsp3) is 0.714. The number of rotatable bonds is 8. The van der Waals surface area contributed by atoms with Gasteiger partial charge >= 0.3 is 192 Å². The SMILES string of the molecule is O=C(O)CN1CCN(S[C](=S)[Hg][C](=S)SN2CCN(CC(=O)O)CC2)CC1. The quantitative estimate of drug-likeness (QED) is 0.218. The van der Waals surface area contributed by atoms with Crippen LogP contribution in [-0.4, -0.2) is 109 Å². The molecule has 2 rings (SSSR count). The fourth-order valence-electron chi connectivity index (χ4n) is 2.81. The molecule has 0 aromatic carbocycles. The van der Waals surface area contributed by atoms with E-state index in [4.69, 9.17) is 34.6 Å². The Bertz CT molecular complexity index is 521. The van der Waals surface area contributed by atoms with Gasteiger partial charge in [0.25, 0.3) is 0 Å². The fourth-order valence-corrected chi connectivity index (χ4v) is 19.8. The maximum absolute atomic E-state index is 10.8. The predicted molar refractivity (Wildman–Crippen MR) is 112 cm³/mol. The molecule has 2 aliphatic rings. The average Bonchev–Trinajstić information content (AvgIpc) is 2.57. The number of hydrogen-bond donors (Lipinski definition) is 2. The molecule has 0 aromatic rings. The Labute approximate surface area is 190 Å². The van der Waals surface area contributed by atoms with Crippen molar-refractivity contribution in [3.8, 4) is 0 Å². The first-order valence-electron chi connectivity index (χ1n) is 8.61. The number of carboxylic acid groups (broad SMARTS) is 2. The van der Waals surface area contributed by atoms with Gasteiger partial charge in [-0.05, 0) is 0 Å². The zero-order chi connectivity index (χ0) is 19.8. The van der Waals surface area contributed by atoms with E-state index in [0.717, 1.165) is 55.8 Å². The van der Waals surface area contributed by atoms with Crippen molar-refractivity contribution < 1.29 is 44.4 Å². The van der Waals surface area contributed by atoms with E-state index in [1.54, 1.807) is 23.9 Å². The van der Waals surface area contributed by atoms with Crippen molar-refractivity contribution in [2.24, 2.45) is 0 Å². The minimum atomic E-state index is -1.63. The molecule has 0 aromatic heterocycles. The van der Waals surface area contributed by atoms with E-state index in [2.05, 4.69) is 8.61 Å². The monoisotopic (exact) mass is 640 g/mol. The third-order valence-corrected chi connectivity index (χ3v) is 16.6. The number of nitrogens with zero attached hydrogens (tertiary/aromatic N) is 4. The first-order valence-corrected chi connectivity index (χ1v) is 16.5. The van der Waals surface area contributed by atoms with Crippen LogP contribution in [0.1, 0.15) is 0 Å². The molecule has 2 aliphatic heterocycles. The van der Waals surface area contributed by atoms with Crippen LogP contribution in [0.5, 0.6) is 0 Å². The van der Waals surface area contributed by atoms with E-state index in [0.29, 0.717) is 0 Å². The number of aliphatic carboxylic acids is 2. The summed E-state index contributed by atoms with van der Waals surface area (Å²) in [6.07, 6.45) is 0. The molecule has 13 heteroatoms. The summed E-state index contributed by atoms with van der Waals surface area (Å²) in [6.45, 7) is 6.46. The Kier molecular flexibility index (Phi) is 10.9. The number of carboxylic acids is 2. The summed E-state index contributed by atoms with van der Waals surface area (Å²) in [5.41, 5.74) is 0. The van der Waals surface area contributed by atoms with Gasteiger partial charge in [-0.1, -0.05) is 0 Å². The summed E-state index contributed by atoms with van der Waals surface area (Å²) in [6, 6.07) is 0. The molecule has 27 heavy (non-hydrogen) atoms. The predicted octanol–water partition coefficient (Wildman–Crippen LogP) is 0.340. The van der Waals surface area contributed by atoms with Crippen LogP contribution in [0.15, 0.2) is 0 Å². The normalized spacial score (nSPS) is 20.1. The molecule has 0 aliphatic carbocycles. The molecule has 2 saturated heterocycles. The minimum absolute atomic E-state index is 0.101. The van der Waals surface area contributed by atoms with Crippen LogP contribution in [-0.2, 0) is 34.2 Å². The van der Waals surface area contributed by atoms with E-state index in [-0.39, 0.29) is 13.1 Å². The molecule has 0 saturated carbocycles. The van der Waals surface area contributed by atoms with Gasteiger partial charge < -0.3 is 0 Å². The van der Waals surface area contributed by atoms with Gasteiger partial charge in [-0.3, -0.25) is 0 Å². The third kappa shape index (κ3) is 9.76. The van der Waals surface area contributed by atoms with Gasteiger partial charge in [-0.25, -0.2) is 0 Å². The number of thiocarbonyl (C=S) groups is 2. The maximum atomic E-state index is 10.8. The van der Waals surface area contributed by atoms with Crippen LogP contribution in [0.3, 0.4) is 0 Å². The first-order chi connectivity index (χ1) is 12.8. The molecule has 0 spiro atoms. The average molecular weight is 639 g/mol. The van der Waals surface area contributed by atoms with Gasteiger partial charge in [0, 0.05) is 0 Å². The van der Waals surface area contributed by atoms with Gasteiger partial charge in [0.15, 0.2) is 0 Å². The van der Waals surface area contributed by atoms with Crippen molar-refractivity contribution in [1.29, 1.82) is 0 Å². The van der Waals surface area contributed by atoms with Crippen LogP contribution < -0.4 is 0 Å². The second-order valence-corrected chi connectivity index (χ2v) is 25.0. The van der Waals surface area contributed by atoms with Crippen LogP contribution in [0.4, 0.5) is 0 Å². The summed E-state index contributed by atoms with van der Waals surface area (Å²) in [5, 5.41) is 17.7. The molecule has 8 nitrogen and oxygen atoms in total. The second-order valence-electron chi connectivity index (χ2n) is 6.30. The van der Waals surface area contributed by atoms with Crippen molar-refractivity contribution in [1.82, 2.24) is 18.4 Å². The van der Waals surface area contributed by atoms with E-state index >= 15 is 0 Å². The van der Waals surface area contributed by atoms with E-state index in [1.807, 2.05) is 9.80 Å². The number of hydrogen-bond acceptors (Lipinski definition) is 10. The van der Waals surface area contributed by atoms with Crippen LogP contribution >= 0.6 is 48.3 Å². The zero-order valence-electron chi connectivity index (χ0n) is 14.9. The molecule has 0 unspecified atom stereocenters. The third-order valence-electron chi connectivity index (χ3n) is 4.13. The van der Waals surface area contributed by atoms with Gasteiger partial charge in [-0.2, -0.15) is 0 Å². The Hall–Kier alpha value is 0.595. The van der Waals surface area contributed by atoms with Crippen LogP contribution in [0.25, 0.3) is 0 Å².